The number of amides is 1. The van der Waals surface area contributed by atoms with E-state index in [1.54, 1.807) is 11.3 Å². The van der Waals surface area contributed by atoms with Gasteiger partial charge < -0.3 is 18.9 Å². The van der Waals surface area contributed by atoms with E-state index in [1.807, 2.05) is 43.9 Å². The summed E-state index contributed by atoms with van der Waals surface area (Å²) in [7, 11) is -0.344. The number of aryl methyl sites for hydroxylation is 2. The van der Waals surface area contributed by atoms with Crippen LogP contribution in [-0.2, 0) is 26.9 Å². The second kappa shape index (κ2) is 13.6. The van der Waals surface area contributed by atoms with Crippen molar-refractivity contribution in [1.29, 1.82) is 0 Å². The Kier molecular flexibility index (Phi) is 10.4. The van der Waals surface area contributed by atoms with E-state index >= 15 is 0 Å². The molecular formula is C37H52BNO6S2. The molecule has 0 unspecified atom stereocenters. The first-order chi connectivity index (χ1) is 21.9. The molecule has 4 aliphatic rings. The van der Waals surface area contributed by atoms with Crippen LogP contribution in [0.3, 0.4) is 0 Å². The molecule has 2 aliphatic heterocycles. The molecular weight excluding hydrogens is 629 g/mol. The maximum absolute atomic E-state index is 12.4. The molecule has 47 heavy (non-hydrogen) atoms. The lowest BCUT2D eigenvalue weighted by atomic mass is 9.82. The van der Waals surface area contributed by atoms with Gasteiger partial charge in [0.05, 0.1) is 11.2 Å². The number of piperidine rings is 1. The Morgan fingerprint density at radius 3 is 1.85 bits per heavy atom. The Morgan fingerprint density at radius 2 is 1.38 bits per heavy atom. The number of Topliss-reactive ketones (excluding diaryl/α,β-unsaturated/α-hetero) is 2. The van der Waals surface area contributed by atoms with Crippen molar-refractivity contribution in [2.75, 3.05) is 13.1 Å². The third-order valence-corrected chi connectivity index (χ3v) is 13.1. The molecule has 0 saturated carbocycles. The highest BCUT2D eigenvalue weighted by atomic mass is 32.1. The number of allylic oxidation sites excluding steroid dienone is 2. The highest BCUT2D eigenvalue weighted by molar-refractivity contribution is 7.23. The second-order valence-electron chi connectivity index (χ2n) is 15.4. The van der Waals surface area contributed by atoms with Crippen LogP contribution in [0, 0.1) is 19.8 Å². The van der Waals surface area contributed by atoms with Gasteiger partial charge in [0.1, 0.15) is 5.60 Å². The number of fused-ring (bicyclic) bond motifs is 2. The SMILES string of the molecule is C/C=C(\c1sc2c(c1C)C(=O)CCC2)C1CCN(C(=O)OC(C)(C)C)CC1.Cc1c(B2OC(C)(C)C(C)(C)O2)sc2c1C(=O)CCC2. The molecule has 256 valence electrons. The first-order valence-corrected chi connectivity index (χ1v) is 18.9. The number of hydrogen-bond acceptors (Lipinski definition) is 8. The van der Waals surface area contributed by atoms with Crippen molar-refractivity contribution < 1.29 is 28.4 Å². The zero-order valence-electron chi connectivity index (χ0n) is 30.0. The Hall–Kier alpha value is -2.27. The number of likely N-dealkylation sites (tertiary alicyclic amines) is 1. The normalized spacial score (nSPS) is 21.3. The van der Waals surface area contributed by atoms with Crippen molar-refractivity contribution in [2.45, 2.75) is 137 Å². The van der Waals surface area contributed by atoms with Gasteiger partial charge in [-0.3, -0.25) is 9.59 Å². The molecule has 0 radical (unpaired) electrons. The molecule has 10 heteroatoms. The van der Waals surface area contributed by atoms with Crippen molar-refractivity contribution in [3.63, 3.8) is 0 Å². The minimum absolute atomic E-state index is 0.212. The predicted octanol–water partition coefficient (Wildman–Crippen LogP) is 8.50. The number of carbonyl (C=O) groups is 3. The molecule has 2 saturated heterocycles. The number of nitrogens with zero attached hydrogens (tertiary/aromatic N) is 1. The highest BCUT2D eigenvalue weighted by Crippen LogP contribution is 2.43. The first kappa shape index (κ1) is 36.0. The summed E-state index contributed by atoms with van der Waals surface area (Å²) < 4.78 is 18.8. The number of ether oxygens (including phenoxy) is 1. The van der Waals surface area contributed by atoms with Gasteiger partial charge in [-0.2, -0.15) is 0 Å². The largest absolute Gasteiger partial charge is 0.505 e. The average Bonchev–Trinajstić information content (AvgIpc) is 3.57. The first-order valence-electron chi connectivity index (χ1n) is 17.2. The minimum Gasteiger partial charge on any atom is -0.444 e. The molecule has 1 amide bonds. The third-order valence-electron chi connectivity index (χ3n) is 10.3. The smallest absolute Gasteiger partial charge is 0.444 e. The Balaban J connectivity index is 0.000000193. The van der Waals surface area contributed by atoms with Gasteiger partial charge in [-0.1, -0.05) is 6.08 Å². The number of ketones is 2. The summed E-state index contributed by atoms with van der Waals surface area (Å²) in [6, 6.07) is 0. The van der Waals surface area contributed by atoms with E-state index in [-0.39, 0.29) is 30.2 Å². The van der Waals surface area contributed by atoms with Crippen LogP contribution < -0.4 is 4.78 Å². The van der Waals surface area contributed by atoms with Crippen molar-refractivity contribution in [1.82, 2.24) is 4.90 Å². The molecule has 0 aromatic carbocycles. The molecule has 7 nitrogen and oxygen atoms in total. The minimum atomic E-state index is -0.456. The lowest BCUT2D eigenvalue weighted by Crippen LogP contribution is -2.41. The number of hydrogen-bond donors (Lipinski definition) is 0. The van der Waals surface area contributed by atoms with Crippen LogP contribution in [-0.4, -0.2) is 59.6 Å². The molecule has 0 N–H and O–H groups in total. The van der Waals surface area contributed by atoms with E-state index in [1.165, 1.54) is 25.8 Å². The predicted molar refractivity (Wildman–Crippen MR) is 193 cm³/mol. The molecule has 0 bridgehead atoms. The maximum Gasteiger partial charge on any atom is 0.505 e. The van der Waals surface area contributed by atoms with Gasteiger partial charge in [-0.15, -0.1) is 22.7 Å². The molecule has 2 aromatic heterocycles. The van der Waals surface area contributed by atoms with Gasteiger partial charge in [0.2, 0.25) is 0 Å². The molecule has 6 rings (SSSR count). The molecule has 4 heterocycles. The van der Waals surface area contributed by atoms with Crippen molar-refractivity contribution in [2.24, 2.45) is 5.92 Å². The Bertz CT molecular complexity index is 1550. The lowest BCUT2D eigenvalue weighted by molar-refractivity contribution is 0.00578. The van der Waals surface area contributed by atoms with Crippen LogP contribution >= 0.6 is 22.7 Å². The lowest BCUT2D eigenvalue weighted by Gasteiger charge is -2.34. The second-order valence-corrected chi connectivity index (χ2v) is 17.6. The monoisotopic (exact) mass is 681 g/mol. The van der Waals surface area contributed by atoms with Crippen LogP contribution in [0.15, 0.2) is 6.08 Å². The van der Waals surface area contributed by atoms with Gasteiger partial charge >= 0.3 is 13.2 Å². The summed E-state index contributed by atoms with van der Waals surface area (Å²) in [4.78, 5) is 42.4. The maximum atomic E-state index is 12.4. The Morgan fingerprint density at radius 1 is 0.872 bits per heavy atom. The Labute approximate surface area is 289 Å². The van der Waals surface area contributed by atoms with E-state index < -0.39 is 5.60 Å². The zero-order chi connectivity index (χ0) is 34.5. The fourth-order valence-corrected chi connectivity index (χ4v) is 9.87. The topological polar surface area (TPSA) is 82.1 Å². The summed E-state index contributed by atoms with van der Waals surface area (Å²) in [5.74, 6) is 1.02. The molecule has 0 atom stereocenters. The van der Waals surface area contributed by atoms with Crippen LogP contribution in [0.2, 0.25) is 0 Å². The van der Waals surface area contributed by atoms with Crippen LogP contribution in [0.5, 0.6) is 0 Å². The van der Waals surface area contributed by atoms with Crippen molar-refractivity contribution in [3.05, 3.63) is 43.0 Å². The zero-order valence-corrected chi connectivity index (χ0v) is 31.6. The molecule has 2 aliphatic carbocycles. The van der Waals surface area contributed by atoms with Gasteiger partial charge in [0.15, 0.2) is 11.6 Å². The van der Waals surface area contributed by atoms with Gasteiger partial charge in [-0.05, 0) is 130 Å². The van der Waals surface area contributed by atoms with Crippen molar-refractivity contribution in [3.8, 4) is 0 Å². The molecule has 0 spiro atoms. The summed E-state index contributed by atoms with van der Waals surface area (Å²) in [6.45, 7) is 21.6. The number of carbonyl (C=O) groups excluding carboxylic acids is 3. The van der Waals surface area contributed by atoms with Crippen LogP contribution in [0.25, 0.3) is 5.57 Å². The van der Waals surface area contributed by atoms with Gasteiger partial charge in [-0.25, -0.2) is 4.79 Å². The standard InChI is InChI=1S/C22H31NO3S.C15H21BO3S/c1-6-16(20-14(2)19-17(24)8-7-9-18(19)27-20)15-10-12-23(13-11-15)21(25)26-22(3,4)5;1-9-12-10(17)7-6-8-11(12)20-13(9)16-18-14(2,3)15(4,5)19-16/h6,15H,7-13H2,1-5H3;6-8H2,1-5H3/b16-6-;. The average molecular weight is 682 g/mol. The highest BCUT2D eigenvalue weighted by Gasteiger charge is 2.53. The fraction of sp³-hybridized carbons (Fsp3) is 0.649. The van der Waals surface area contributed by atoms with Gasteiger partial charge in [0, 0.05) is 56.5 Å². The van der Waals surface area contributed by atoms with Crippen LogP contribution in [0.1, 0.15) is 140 Å². The summed E-state index contributed by atoms with van der Waals surface area (Å²) in [5.41, 5.74) is 4.39. The molecule has 2 fully saturated rings. The van der Waals surface area contributed by atoms with Gasteiger partial charge in [0.25, 0.3) is 0 Å². The van der Waals surface area contributed by atoms with E-state index in [0.717, 1.165) is 73.1 Å². The summed E-state index contributed by atoms with van der Waals surface area (Å²) in [6.07, 6.45) is 9.21. The summed E-state index contributed by atoms with van der Waals surface area (Å²) in [5, 5.41) is 0. The number of thiophene rings is 2. The van der Waals surface area contributed by atoms with Crippen molar-refractivity contribution >= 4 is 57.8 Å². The quantitative estimate of drug-likeness (QED) is 0.302. The van der Waals surface area contributed by atoms with E-state index in [0.29, 0.717) is 24.5 Å². The van der Waals surface area contributed by atoms with Crippen LogP contribution in [0.4, 0.5) is 4.79 Å². The molecule has 2 aromatic rings. The van der Waals surface area contributed by atoms with E-state index in [2.05, 4.69) is 47.6 Å². The van der Waals surface area contributed by atoms with E-state index in [9.17, 15) is 14.4 Å². The summed E-state index contributed by atoms with van der Waals surface area (Å²) >= 11 is 3.51. The number of rotatable bonds is 3. The third kappa shape index (κ3) is 7.36. The fourth-order valence-electron chi connectivity index (χ4n) is 7.02. The van der Waals surface area contributed by atoms with E-state index in [4.69, 9.17) is 14.0 Å².